The third kappa shape index (κ3) is 6.80. The van der Waals surface area contributed by atoms with E-state index in [1.807, 2.05) is 58.0 Å². The van der Waals surface area contributed by atoms with Gasteiger partial charge in [0.1, 0.15) is 0 Å². The van der Waals surface area contributed by atoms with Crippen molar-refractivity contribution in [2.24, 2.45) is 0 Å². The average molecular weight is 776 g/mol. The second-order valence-corrected chi connectivity index (χ2v) is 15.6. The van der Waals surface area contributed by atoms with E-state index >= 15 is 0 Å². The van der Waals surface area contributed by atoms with Crippen molar-refractivity contribution >= 4 is 76.4 Å². The highest BCUT2D eigenvalue weighted by atomic mass is 32.2. The minimum atomic E-state index is -3.76. The van der Waals surface area contributed by atoms with Gasteiger partial charge in [0.15, 0.2) is 0 Å². The van der Waals surface area contributed by atoms with Crippen molar-refractivity contribution in [2.75, 3.05) is 0 Å². The molecule has 7 aromatic carbocycles. The number of benzene rings is 7. The Kier molecular flexibility index (Phi) is 11.3. The number of fused-ring (bicyclic) bond motifs is 8. The number of hydrogen-bond acceptors (Lipinski definition) is 3. The van der Waals surface area contributed by atoms with E-state index in [2.05, 4.69) is 119 Å². The Labute approximate surface area is 340 Å². The fraction of sp³-hybridized carbons (Fsp3) is 0.0962. The van der Waals surface area contributed by atoms with Crippen LogP contribution in [-0.4, -0.2) is 17.6 Å². The predicted molar refractivity (Wildman–Crippen MR) is 245 cm³/mol. The van der Waals surface area contributed by atoms with Crippen LogP contribution in [0.15, 0.2) is 175 Å². The molecule has 2 heterocycles. The lowest BCUT2D eigenvalue weighted by molar-refractivity contribution is 0.596. The SMILES string of the molecule is C=CC.C=Cc1c(/C=C\C)ccc2c1c1ccc3c4cc5ccccc5cc4n(Cc4ccc(S(=O)(=O)c5ccc(C#N)cc5)cc4)c3c1n2-c1ccccc1.CC. The summed E-state index contributed by atoms with van der Waals surface area (Å²) in [5, 5.41) is 16.1. The second kappa shape index (κ2) is 16.7. The van der Waals surface area contributed by atoms with Gasteiger partial charge < -0.3 is 9.13 Å². The fourth-order valence-corrected chi connectivity index (χ4v) is 9.12. The van der Waals surface area contributed by atoms with Crippen LogP contribution in [-0.2, 0) is 16.4 Å². The molecule has 0 radical (unpaired) electrons. The van der Waals surface area contributed by atoms with Gasteiger partial charge in [-0.2, -0.15) is 5.26 Å². The van der Waals surface area contributed by atoms with E-state index in [1.54, 1.807) is 18.2 Å². The molecule has 9 aromatic rings. The molecule has 0 fully saturated rings. The topological polar surface area (TPSA) is 67.8 Å². The maximum Gasteiger partial charge on any atom is 0.206 e. The van der Waals surface area contributed by atoms with E-state index in [4.69, 9.17) is 0 Å². The molecule has 0 aliphatic carbocycles. The average Bonchev–Trinajstić information content (AvgIpc) is 3.76. The highest BCUT2D eigenvalue weighted by molar-refractivity contribution is 7.91. The number of hydrogen-bond donors (Lipinski definition) is 0. The summed E-state index contributed by atoms with van der Waals surface area (Å²) in [5.74, 6) is 0. The van der Waals surface area contributed by atoms with E-state index in [1.165, 1.54) is 29.7 Å². The molecular formula is C52H45N3O2S. The lowest BCUT2D eigenvalue weighted by Crippen LogP contribution is -2.04. The predicted octanol–water partition coefficient (Wildman–Crippen LogP) is 13.7. The molecule has 0 saturated heterocycles. The Bertz CT molecular complexity index is 3160. The van der Waals surface area contributed by atoms with Gasteiger partial charge in [0.25, 0.3) is 0 Å². The van der Waals surface area contributed by atoms with Gasteiger partial charge in [0.05, 0.1) is 43.5 Å². The van der Waals surface area contributed by atoms with Crippen LogP contribution in [0, 0.1) is 11.3 Å². The van der Waals surface area contributed by atoms with Crippen LogP contribution < -0.4 is 0 Å². The number of nitrogens with zero attached hydrogens (tertiary/aromatic N) is 3. The molecule has 0 spiro atoms. The molecule has 6 heteroatoms. The van der Waals surface area contributed by atoms with Gasteiger partial charge in [-0.3, -0.25) is 0 Å². The first kappa shape index (κ1) is 39.3. The lowest BCUT2D eigenvalue weighted by atomic mass is 9.99. The Morgan fingerprint density at radius 2 is 1.28 bits per heavy atom. The van der Waals surface area contributed by atoms with Gasteiger partial charge in [0, 0.05) is 33.8 Å². The van der Waals surface area contributed by atoms with E-state index in [0.29, 0.717) is 12.1 Å². The highest BCUT2D eigenvalue weighted by Gasteiger charge is 2.23. The normalized spacial score (nSPS) is 11.4. The summed E-state index contributed by atoms with van der Waals surface area (Å²) >= 11 is 0. The number of para-hydroxylation sites is 1. The zero-order valence-corrected chi connectivity index (χ0v) is 34.1. The van der Waals surface area contributed by atoms with Crippen LogP contribution in [0.1, 0.15) is 49.9 Å². The van der Waals surface area contributed by atoms with Crippen molar-refractivity contribution < 1.29 is 8.42 Å². The van der Waals surface area contributed by atoms with Crippen molar-refractivity contribution in [3.63, 3.8) is 0 Å². The third-order valence-corrected chi connectivity index (χ3v) is 12.1. The maximum absolute atomic E-state index is 13.6. The summed E-state index contributed by atoms with van der Waals surface area (Å²) in [4.78, 5) is 0.366. The summed E-state index contributed by atoms with van der Waals surface area (Å²) in [6.07, 6.45) is 7.91. The van der Waals surface area contributed by atoms with E-state index in [9.17, 15) is 13.7 Å². The Hall–Kier alpha value is -6.94. The minimum Gasteiger partial charge on any atom is -0.334 e. The zero-order valence-electron chi connectivity index (χ0n) is 33.3. The van der Waals surface area contributed by atoms with Crippen molar-refractivity contribution in [2.45, 2.75) is 44.0 Å². The highest BCUT2D eigenvalue weighted by Crippen LogP contribution is 2.43. The number of allylic oxidation sites excluding steroid dienone is 2. The van der Waals surface area contributed by atoms with Crippen molar-refractivity contribution in [1.29, 1.82) is 5.26 Å². The van der Waals surface area contributed by atoms with Crippen molar-refractivity contribution in [1.82, 2.24) is 9.13 Å². The first-order chi connectivity index (χ1) is 28.3. The van der Waals surface area contributed by atoms with Crippen molar-refractivity contribution in [3.8, 4) is 11.8 Å². The standard InChI is InChI=1S/C47H33N3O2S.C3H6.C2H6/c1-3-10-33-19-26-43-45(39(33)4-2)41-25-24-40-42-27-34-11-8-9-12-35(34)28-44(42)49(46(40)47(41)50(43)36-13-6-5-7-14-36)30-32-17-22-38(23-18-32)53(51,52)37-20-15-31(29-48)16-21-37;1-3-2;1-2/h3-28H,2,30H2,1H3;3H,1H2,2H3;1-2H3/b10-3-;;. The Balaban J connectivity index is 0.000000980. The molecule has 286 valence electrons. The van der Waals surface area contributed by atoms with E-state index in [0.717, 1.165) is 71.4 Å². The second-order valence-electron chi connectivity index (χ2n) is 13.7. The number of rotatable bonds is 7. The van der Waals surface area contributed by atoms with Gasteiger partial charge in [-0.25, -0.2) is 8.42 Å². The van der Waals surface area contributed by atoms with Crippen LogP contribution in [0.5, 0.6) is 0 Å². The van der Waals surface area contributed by atoms with Gasteiger partial charge in [0.2, 0.25) is 9.84 Å². The smallest absolute Gasteiger partial charge is 0.206 e. The number of aromatic nitrogens is 2. The molecule has 5 nitrogen and oxygen atoms in total. The molecule has 0 amide bonds. The molecule has 0 unspecified atom stereocenters. The molecule has 0 aliphatic rings. The number of nitriles is 1. The zero-order chi connectivity index (χ0) is 41.0. The summed E-state index contributed by atoms with van der Waals surface area (Å²) in [6, 6.07) is 47.7. The Morgan fingerprint density at radius 3 is 1.90 bits per heavy atom. The molecular weight excluding hydrogens is 731 g/mol. The minimum absolute atomic E-state index is 0.158. The van der Waals surface area contributed by atoms with E-state index < -0.39 is 9.84 Å². The van der Waals surface area contributed by atoms with Gasteiger partial charge in [-0.05, 0) is 108 Å². The molecule has 0 atom stereocenters. The molecule has 0 saturated carbocycles. The first-order valence-electron chi connectivity index (χ1n) is 19.5. The molecule has 0 N–H and O–H groups in total. The quantitative estimate of drug-likeness (QED) is 0.151. The van der Waals surface area contributed by atoms with Crippen LogP contribution in [0.3, 0.4) is 0 Å². The third-order valence-electron chi connectivity index (χ3n) is 10.3. The summed E-state index contributed by atoms with van der Waals surface area (Å²) in [6.45, 7) is 16.1. The van der Waals surface area contributed by atoms with Gasteiger partial charge in [-0.15, -0.1) is 6.58 Å². The molecule has 0 bridgehead atoms. The summed E-state index contributed by atoms with van der Waals surface area (Å²) < 4.78 is 31.9. The van der Waals surface area contributed by atoms with Gasteiger partial charge >= 0.3 is 0 Å². The molecule has 58 heavy (non-hydrogen) atoms. The Morgan fingerprint density at radius 1 is 0.672 bits per heavy atom. The summed E-state index contributed by atoms with van der Waals surface area (Å²) in [5.41, 5.74) is 9.06. The summed E-state index contributed by atoms with van der Waals surface area (Å²) in [7, 11) is -3.76. The first-order valence-corrected chi connectivity index (χ1v) is 21.0. The van der Waals surface area contributed by atoms with E-state index in [-0.39, 0.29) is 9.79 Å². The van der Waals surface area contributed by atoms with Crippen LogP contribution in [0.2, 0.25) is 0 Å². The molecule has 2 aromatic heterocycles. The van der Waals surface area contributed by atoms with Crippen LogP contribution in [0.25, 0.3) is 72.2 Å². The van der Waals surface area contributed by atoms with Crippen LogP contribution >= 0.6 is 0 Å². The molecule has 9 rings (SSSR count). The largest absolute Gasteiger partial charge is 0.334 e. The monoisotopic (exact) mass is 775 g/mol. The van der Waals surface area contributed by atoms with Gasteiger partial charge in [-0.1, -0.05) is 118 Å². The lowest BCUT2D eigenvalue weighted by Gasteiger charge is -2.13. The number of sulfone groups is 1. The van der Waals surface area contributed by atoms with Crippen molar-refractivity contribution in [3.05, 3.63) is 187 Å². The fourth-order valence-electron chi connectivity index (χ4n) is 7.86. The van der Waals surface area contributed by atoms with Crippen LogP contribution in [0.4, 0.5) is 0 Å². The molecule has 0 aliphatic heterocycles. The maximum atomic E-state index is 13.6.